The predicted octanol–water partition coefficient (Wildman–Crippen LogP) is 3.52. The molecule has 2 aromatic rings. The van der Waals surface area contributed by atoms with Gasteiger partial charge in [0.2, 0.25) is 5.91 Å². The number of nitrogens with zero attached hydrogens (tertiary/aromatic N) is 1. The van der Waals surface area contributed by atoms with E-state index in [9.17, 15) is 4.79 Å². The monoisotopic (exact) mass is 279 g/mol. The normalized spacial score (nSPS) is 9.71. The van der Waals surface area contributed by atoms with Gasteiger partial charge in [-0.2, -0.15) is 5.26 Å². The summed E-state index contributed by atoms with van der Waals surface area (Å²) < 4.78 is 0. The van der Waals surface area contributed by atoms with Crippen LogP contribution >= 0.6 is 0 Å². The molecule has 21 heavy (non-hydrogen) atoms. The van der Waals surface area contributed by atoms with Crippen LogP contribution in [0.4, 0.5) is 11.4 Å². The maximum Gasteiger partial charge on any atom is 0.224 e. The maximum absolute atomic E-state index is 11.4. The molecule has 0 spiro atoms. The van der Waals surface area contributed by atoms with Gasteiger partial charge >= 0.3 is 0 Å². The van der Waals surface area contributed by atoms with Gasteiger partial charge in [-0.05, 0) is 35.9 Å². The van der Waals surface area contributed by atoms with E-state index in [1.54, 1.807) is 12.1 Å². The average Bonchev–Trinajstić information content (AvgIpc) is 2.53. The summed E-state index contributed by atoms with van der Waals surface area (Å²) in [5.74, 6) is -0.000702. The summed E-state index contributed by atoms with van der Waals surface area (Å²) in [6, 6.07) is 17.2. The number of amides is 1. The second-order valence-corrected chi connectivity index (χ2v) is 4.64. The molecule has 0 heterocycles. The lowest BCUT2D eigenvalue weighted by Crippen LogP contribution is -2.09. The summed E-state index contributed by atoms with van der Waals surface area (Å²) in [6.45, 7) is 2.49. The number of anilines is 2. The van der Waals surface area contributed by atoms with Gasteiger partial charge in [-0.3, -0.25) is 4.79 Å². The van der Waals surface area contributed by atoms with Crippen LogP contribution in [0.5, 0.6) is 0 Å². The zero-order valence-electron chi connectivity index (χ0n) is 11.9. The topological polar surface area (TPSA) is 64.9 Å². The van der Waals surface area contributed by atoms with Crippen LogP contribution < -0.4 is 10.6 Å². The highest BCUT2D eigenvalue weighted by Crippen LogP contribution is 2.16. The number of hydrogen-bond donors (Lipinski definition) is 2. The standard InChI is InChI=1S/C17H17N3O/c1-2-17(21)20-16-5-3-4-15(10-16)19-12-14-8-6-13(11-18)7-9-14/h3-10,19H,2,12H2,1H3,(H,20,21). The molecule has 0 aliphatic carbocycles. The molecule has 4 heteroatoms. The van der Waals surface area contributed by atoms with Crippen molar-refractivity contribution in [3.8, 4) is 6.07 Å². The molecule has 1 amide bonds. The van der Waals surface area contributed by atoms with E-state index in [0.29, 0.717) is 18.5 Å². The molecule has 2 aromatic carbocycles. The fourth-order valence-corrected chi connectivity index (χ4v) is 1.86. The average molecular weight is 279 g/mol. The maximum atomic E-state index is 11.4. The van der Waals surface area contributed by atoms with Crippen molar-refractivity contribution in [2.24, 2.45) is 0 Å². The Morgan fingerprint density at radius 1 is 1.14 bits per heavy atom. The number of carbonyl (C=O) groups is 1. The van der Waals surface area contributed by atoms with E-state index in [-0.39, 0.29) is 5.91 Å². The predicted molar refractivity (Wildman–Crippen MR) is 83.8 cm³/mol. The van der Waals surface area contributed by atoms with Gasteiger partial charge in [0.25, 0.3) is 0 Å². The second-order valence-electron chi connectivity index (χ2n) is 4.64. The minimum Gasteiger partial charge on any atom is -0.381 e. The third kappa shape index (κ3) is 4.36. The number of benzene rings is 2. The highest BCUT2D eigenvalue weighted by Gasteiger charge is 2.00. The van der Waals surface area contributed by atoms with Crippen molar-refractivity contribution in [1.82, 2.24) is 0 Å². The van der Waals surface area contributed by atoms with Crippen LogP contribution in [0, 0.1) is 11.3 Å². The quantitative estimate of drug-likeness (QED) is 0.880. The van der Waals surface area contributed by atoms with Crippen LogP contribution in [0.25, 0.3) is 0 Å². The van der Waals surface area contributed by atoms with Crippen LogP contribution in [-0.2, 0) is 11.3 Å². The third-order valence-electron chi connectivity index (χ3n) is 3.05. The molecule has 0 bridgehead atoms. The molecule has 0 fully saturated rings. The van der Waals surface area contributed by atoms with Crippen LogP contribution in [-0.4, -0.2) is 5.91 Å². The van der Waals surface area contributed by atoms with E-state index < -0.39 is 0 Å². The fraction of sp³-hybridized carbons (Fsp3) is 0.176. The lowest BCUT2D eigenvalue weighted by atomic mass is 10.1. The number of nitriles is 1. The number of rotatable bonds is 5. The largest absolute Gasteiger partial charge is 0.381 e. The Bertz CT molecular complexity index is 656. The van der Waals surface area contributed by atoms with Gasteiger partial charge in [0.05, 0.1) is 11.6 Å². The van der Waals surface area contributed by atoms with E-state index in [2.05, 4.69) is 16.7 Å². The molecule has 0 radical (unpaired) electrons. The van der Waals surface area contributed by atoms with E-state index in [0.717, 1.165) is 16.9 Å². The minimum absolute atomic E-state index is 0.000702. The summed E-state index contributed by atoms with van der Waals surface area (Å²) in [6.07, 6.45) is 0.461. The first-order valence-electron chi connectivity index (χ1n) is 6.84. The molecule has 4 nitrogen and oxygen atoms in total. The van der Waals surface area contributed by atoms with Gasteiger partial charge in [-0.15, -0.1) is 0 Å². The Morgan fingerprint density at radius 2 is 1.86 bits per heavy atom. The molecule has 0 aliphatic heterocycles. The summed E-state index contributed by atoms with van der Waals surface area (Å²) in [5.41, 5.74) is 3.47. The first kappa shape index (κ1) is 14.6. The van der Waals surface area contributed by atoms with E-state index in [4.69, 9.17) is 5.26 Å². The van der Waals surface area contributed by atoms with Crippen molar-refractivity contribution in [2.75, 3.05) is 10.6 Å². The second kappa shape index (κ2) is 7.11. The third-order valence-corrected chi connectivity index (χ3v) is 3.05. The molecule has 2 N–H and O–H groups in total. The van der Waals surface area contributed by atoms with Gasteiger partial charge in [0.15, 0.2) is 0 Å². The van der Waals surface area contributed by atoms with Gasteiger partial charge in [0.1, 0.15) is 0 Å². The highest BCUT2D eigenvalue weighted by atomic mass is 16.1. The Balaban J connectivity index is 1.97. The lowest BCUT2D eigenvalue weighted by molar-refractivity contribution is -0.115. The molecular weight excluding hydrogens is 262 g/mol. The van der Waals surface area contributed by atoms with Gasteiger partial charge < -0.3 is 10.6 Å². The van der Waals surface area contributed by atoms with Crippen molar-refractivity contribution < 1.29 is 4.79 Å². The fourth-order valence-electron chi connectivity index (χ4n) is 1.86. The van der Waals surface area contributed by atoms with Gasteiger partial charge in [0, 0.05) is 24.3 Å². The molecule has 0 saturated carbocycles. The summed E-state index contributed by atoms with van der Waals surface area (Å²) >= 11 is 0. The summed E-state index contributed by atoms with van der Waals surface area (Å²) in [4.78, 5) is 11.4. The van der Waals surface area contributed by atoms with E-state index >= 15 is 0 Å². The van der Waals surface area contributed by atoms with Crippen LogP contribution in [0.2, 0.25) is 0 Å². The molecule has 106 valence electrons. The van der Waals surface area contributed by atoms with Crippen LogP contribution in [0.15, 0.2) is 48.5 Å². The molecule has 0 aliphatic rings. The molecule has 0 atom stereocenters. The summed E-state index contributed by atoms with van der Waals surface area (Å²) in [5, 5.41) is 14.9. The lowest BCUT2D eigenvalue weighted by Gasteiger charge is -2.09. The Hall–Kier alpha value is -2.80. The van der Waals surface area contributed by atoms with Gasteiger partial charge in [-0.1, -0.05) is 25.1 Å². The Morgan fingerprint density at radius 3 is 2.52 bits per heavy atom. The first-order valence-corrected chi connectivity index (χ1v) is 6.84. The van der Waals surface area contributed by atoms with Gasteiger partial charge in [-0.25, -0.2) is 0 Å². The van der Waals surface area contributed by atoms with Crippen molar-refractivity contribution in [3.63, 3.8) is 0 Å². The van der Waals surface area contributed by atoms with Crippen LogP contribution in [0.1, 0.15) is 24.5 Å². The molecular formula is C17H17N3O. The van der Waals surface area contributed by atoms with Crippen molar-refractivity contribution in [2.45, 2.75) is 19.9 Å². The first-order chi connectivity index (χ1) is 10.2. The molecule has 0 unspecified atom stereocenters. The van der Waals surface area contributed by atoms with Crippen molar-refractivity contribution >= 4 is 17.3 Å². The van der Waals surface area contributed by atoms with E-state index in [1.165, 1.54) is 0 Å². The molecule has 0 aromatic heterocycles. The van der Waals surface area contributed by atoms with E-state index in [1.807, 2.05) is 43.3 Å². The van der Waals surface area contributed by atoms with Crippen molar-refractivity contribution in [3.05, 3.63) is 59.7 Å². The smallest absolute Gasteiger partial charge is 0.224 e. The zero-order chi connectivity index (χ0) is 15.1. The highest BCUT2D eigenvalue weighted by molar-refractivity contribution is 5.90. The Kier molecular flexibility index (Phi) is 4.94. The SMILES string of the molecule is CCC(=O)Nc1cccc(NCc2ccc(C#N)cc2)c1. The van der Waals surface area contributed by atoms with Crippen molar-refractivity contribution in [1.29, 1.82) is 5.26 Å². The number of nitrogens with one attached hydrogen (secondary N) is 2. The zero-order valence-corrected chi connectivity index (χ0v) is 11.9. The Labute approximate surface area is 124 Å². The molecule has 0 saturated heterocycles. The summed E-state index contributed by atoms with van der Waals surface area (Å²) in [7, 11) is 0. The number of hydrogen-bond acceptors (Lipinski definition) is 3. The van der Waals surface area contributed by atoms with Crippen LogP contribution in [0.3, 0.4) is 0 Å². The number of carbonyl (C=O) groups excluding carboxylic acids is 1. The minimum atomic E-state index is -0.000702. The molecule has 2 rings (SSSR count).